The molecule has 228 valence electrons. The van der Waals surface area contributed by atoms with Gasteiger partial charge in [-0.15, -0.1) is 0 Å². The molecule has 0 aliphatic carbocycles. The van der Waals surface area contributed by atoms with Crippen LogP contribution in [0.1, 0.15) is 74.0 Å². The van der Waals surface area contributed by atoms with Crippen LogP contribution in [0.3, 0.4) is 0 Å². The molecule has 0 bridgehead atoms. The standard InChI is InChI=1S/C33H44FN3O5/c34-13-17-42-30-8-5-24(6-9-30)3-4-26-18-29(22-36-21-26)28(20-33(40)41)19-31(38)27-2-1-16-37(23-27)32(39)10-7-25-11-14-35-15-12-25/h5-6,8-9,18,21-22,25,27-28,35H,1-4,7,10-17,19-20,23H2,(H,40,41)/t27-,28+/m1/s1. The molecular formula is C33H44FN3O5. The maximum atomic E-state index is 13.4. The predicted octanol–water partition coefficient (Wildman–Crippen LogP) is 4.75. The summed E-state index contributed by atoms with van der Waals surface area (Å²) in [4.78, 5) is 44.4. The molecular weight excluding hydrogens is 537 g/mol. The van der Waals surface area contributed by atoms with Gasteiger partial charge < -0.3 is 20.1 Å². The zero-order chi connectivity index (χ0) is 29.7. The van der Waals surface area contributed by atoms with Crippen molar-refractivity contribution < 1.29 is 28.6 Å². The Morgan fingerprint density at radius 3 is 2.55 bits per heavy atom. The first-order chi connectivity index (χ1) is 20.4. The fourth-order valence-electron chi connectivity index (χ4n) is 6.12. The molecule has 2 N–H and O–H groups in total. The van der Waals surface area contributed by atoms with Gasteiger partial charge >= 0.3 is 5.97 Å². The fourth-order valence-corrected chi connectivity index (χ4v) is 6.12. The van der Waals surface area contributed by atoms with Crippen LogP contribution in [0.2, 0.25) is 0 Å². The third-order valence-electron chi connectivity index (χ3n) is 8.58. The molecule has 0 spiro atoms. The van der Waals surface area contributed by atoms with E-state index in [4.69, 9.17) is 4.74 Å². The van der Waals surface area contributed by atoms with Crippen LogP contribution in [0.5, 0.6) is 5.75 Å². The molecule has 1 aromatic heterocycles. The number of carbonyl (C=O) groups is 3. The maximum Gasteiger partial charge on any atom is 0.303 e. The number of hydrogen-bond donors (Lipinski definition) is 2. The number of rotatable bonds is 15. The minimum absolute atomic E-state index is 0.0255. The van der Waals surface area contributed by atoms with Gasteiger partial charge in [-0.05, 0) is 92.8 Å². The number of amides is 1. The average molecular weight is 582 g/mol. The van der Waals surface area contributed by atoms with Crippen molar-refractivity contribution in [2.75, 3.05) is 39.5 Å². The Balaban J connectivity index is 1.32. The lowest BCUT2D eigenvalue weighted by molar-refractivity contribution is -0.137. The van der Waals surface area contributed by atoms with E-state index in [2.05, 4.69) is 10.3 Å². The number of aromatic nitrogens is 1. The number of Topliss-reactive ketones (excluding diaryl/α,β-unsaturated/α-hetero) is 1. The third kappa shape index (κ3) is 9.89. The number of carbonyl (C=O) groups excluding carboxylic acids is 2. The van der Waals surface area contributed by atoms with E-state index in [0.717, 1.165) is 68.3 Å². The monoisotopic (exact) mass is 581 g/mol. The number of aryl methyl sites for hydroxylation is 2. The number of alkyl halides is 1. The second-order valence-corrected chi connectivity index (χ2v) is 11.7. The Morgan fingerprint density at radius 2 is 1.81 bits per heavy atom. The largest absolute Gasteiger partial charge is 0.491 e. The molecule has 1 amide bonds. The number of likely N-dealkylation sites (tertiary alicyclic amines) is 1. The van der Waals surface area contributed by atoms with Crippen LogP contribution in [0, 0.1) is 11.8 Å². The molecule has 4 rings (SSSR count). The van der Waals surface area contributed by atoms with Gasteiger partial charge in [-0.25, -0.2) is 4.39 Å². The lowest BCUT2D eigenvalue weighted by Gasteiger charge is -2.33. The van der Waals surface area contributed by atoms with Gasteiger partial charge in [-0.1, -0.05) is 18.2 Å². The highest BCUT2D eigenvalue weighted by molar-refractivity contribution is 5.84. The number of benzene rings is 1. The molecule has 0 saturated carbocycles. The molecule has 0 unspecified atom stereocenters. The van der Waals surface area contributed by atoms with Crippen LogP contribution in [-0.4, -0.2) is 72.1 Å². The molecule has 3 heterocycles. The topological polar surface area (TPSA) is 109 Å². The highest BCUT2D eigenvalue weighted by Crippen LogP contribution is 2.29. The number of nitrogens with one attached hydrogen (secondary N) is 1. The van der Waals surface area contributed by atoms with E-state index in [0.29, 0.717) is 37.6 Å². The van der Waals surface area contributed by atoms with Crippen LogP contribution in [0.15, 0.2) is 42.7 Å². The minimum atomic E-state index is -0.952. The van der Waals surface area contributed by atoms with E-state index in [9.17, 15) is 23.9 Å². The Labute approximate surface area is 248 Å². The van der Waals surface area contributed by atoms with Gasteiger partial charge in [0.2, 0.25) is 5.91 Å². The van der Waals surface area contributed by atoms with Gasteiger partial charge in [-0.3, -0.25) is 19.4 Å². The number of carboxylic acid groups (broad SMARTS) is 1. The summed E-state index contributed by atoms with van der Waals surface area (Å²) >= 11 is 0. The first-order valence-electron chi connectivity index (χ1n) is 15.4. The summed E-state index contributed by atoms with van der Waals surface area (Å²) in [7, 11) is 0. The highest BCUT2D eigenvalue weighted by Gasteiger charge is 2.31. The van der Waals surface area contributed by atoms with Crippen LogP contribution >= 0.6 is 0 Å². The van der Waals surface area contributed by atoms with Crippen molar-refractivity contribution in [3.8, 4) is 5.75 Å². The smallest absolute Gasteiger partial charge is 0.303 e. The Bertz CT molecular complexity index is 1170. The van der Waals surface area contributed by atoms with Crippen molar-refractivity contribution in [3.63, 3.8) is 0 Å². The van der Waals surface area contributed by atoms with Crippen molar-refractivity contribution >= 4 is 17.7 Å². The molecule has 8 nitrogen and oxygen atoms in total. The van der Waals surface area contributed by atoms with Crippen molar-refractivity contribution in [2.45, 2.75) is 70.1 Å². The first kappa shape index (κ1) is 31.6. The Kier molecular flexibility index (Phi) is 12.3. The summed E-state index contributed by atoms with van der Waals surface area (Å²) in [6, 6.07) is 9.50. The zero-order valence-corrected chi connectivity index (χ0v) is 24.4. The van der Waals surface area contributed by atoms with Gasteiger partial charge in [0.05, 0.1) is 6.42 Å². The number of ether oxygens (including phenoxy) is 1. The molecule has 2 saturated heterocycles. The predicted molar refractivity (Wildman–Crippen MR) is 158 cm³/mol. The van der Waals surface area contributed by atoms with Crippen molar-refractivity contribution in [2.24, 2.45) is 11.8 Å². The number of carboxylic acids is 1. The molecule has 9 heteroatoms. The van der Waals surface area contributed by atoms with E-state index in [1.807, 2.05) is 35.2 Å². The average Bonchev–Trinajstić information content (AvgIpc) is 3.02. The van der Waals surface area contributed by atoms with Gasteiger partial charge in [0.1, 0.15) is 24.8 Å². The minimum Gasteiger partial charge on any atom is -0.491 e. The summed E-state index contributed by atoms with van der Waals surface area (Å²) in [5, 5.41) is 13.0. The van der Waals surface area contributed by atoms with Crippen LogP contribution < -0.4 is 10.1 Å². The summed E-state index contributed by atoms with van der Waals surface area (Å²) in [5.41, 5.74) is 2.82. The lowest BCUT2D eigenvalue weighted by atomic mass is 9.84. The van der Waals surface area contributed by atoms with E-state index >= 15 is 0 Å². The van der Waals surface area contributed by atoms with Crippen molar-refractivity contribution in [3.05, 3.63) is 59.4 Å². The fraction of sp³-hybridized carbons (Fsp3) is 0.576. The number of pyridine rings is 1. The Hall–Kier alpha value is -3.33. The van der Waals surface area contributed by atoms with Gasteiger partial charge in [-0.2, -0.15) is 0 Å². The second kappa shape index (κ2) is 16.3. The summed E-state index contributed by atoms with van der Waals surface area (Å²) in [6.45, 7) is 2.65. The molecule has 42 heavy (non-hydrogen) atoms. The van der Waals surface area contributed by atoms with Crippen LogP contribution in [0.25, 0.3) is 0 Å². The number of hydrogen-bond acceptors (Lipinski definition) is 6. The van der Waals surface area contributed by atoms with Crippen LogP contribution in [-0.2, 0) is 27.2 Å². The molecule has 1 aromatic carbocycles. The number of aliphatic carboxylic acids is 1. The number of ketones is 1. The number of piperidine rings is 2. The number of halogens is 1. The third-order valence-corrected chi connectivity index (χ3v) is 8.58. The molecule has 2 aliphatic rings. The number of nitrogens with zero attached hydrogens (tertiary/aromatic N) is 2. The maximum absolute atomic E-state index is 13.4. The molecule has 2 aliphatic heterocycles. The van der Waals surface area contributed by atoms with Crippen molar-refractivity contribution in [1.82, 2.24) is 15.2 Å². The summed E-state index contributed by atoms with van der Waals surface area (Å²) < 4.78 is 17.6. The highest BCUT2D eigenvalue weighted by atomic mass is 19.1. The van der Waals surface area contributed by atoms with Crippen molar-refractivity contribution in [1.29, 1.82) is 0 Å². The first-order valence-corrected chi connectivity index (χ1v) is 15.4. The van der Waals surface area contributed by atoms with Crippen LogP contribution in [0.4, 0.5) is 4.39 Å². The SMILES string of the molecule is O=C(O)C[C@H](CC(=O)[C@@H]1CCCN(C(=O)CCC2CCNCC2)C1)c1cncc(CCc2ccc(OCCF)cc2)c1. The summed E-state index contributed by atoms with van der Waals surface area (Å²) in [6.07, 6.45) is 10.0. The quantitative estimate of drug-likeness (QED) is 0.312. The normalized spacial score (nSPS) is 18.4. The van der Waals surface area contributed by atoms with E-state index < -0.39 is 18.6 Å². The van der Waals surface area contributed by atoms with Gasteiger partial charge in [0.25, 0.3) is 0 Å². The molecule has 0 radical (unpaired) electrons. The Morgan fingerprint density at radius 1 is 1.05 bits per heavy atom. The molecule has 2 atom stereocenters. The van der Waals surface area contributed by atoms with E-state index in [1.54, 1.807) is 12.4 Å². The van der Waals surface area contributed by atoms with E-state index in [-0.39, 0.29) is 37.1 Å². The zero-order valence-electron chi connectivity index (χ0n) is 24.4. The molecule has 2 aromatic rings. The lowest BCUT2D eigenvalue weighted by Crippen LogP contribution is -2.42. The second-order valence-electron chi connectivity index (χ2n) is 11.7. The molecule has 2 fully saturated rings. The van der Waals surface area contributed by atoms with Gasteiger partial charge in [0, 0.05) is 50.2 Å². The summed E-state index contributed by atoms with van der Waals surface area (Å²) in [5.74, 6) is -0.307. The van der Waals surface area contributed by atoms with E-state index in [1.165, 1.54) is 0 Å². The van der Waals surface area contributed by atoms with Gasteiger partial charge in [0.15, 0.2) is 0 Å².